The minimum atomic E-state index is -0.0142. The molecule has 1 N–H and O–H groups in total. The summed E-state index contributed by atoms with van der Waals surface area (Å²) in [6.45, 7) is 1.71. The Bertz CT molecular complexity index is 1290. The lowest BCUT2D eigenvalue weighted by atomic mass is 9.75. The normalized spacial score (nSPS) is 24.7. The van der Waals surface area contributed by atoms with Gasteiger partial charge in [0.2, 0.25) is 5.91 Å². The van der Waals surface area contributed by atoms with Gasteiger partial charge in [0.25, 0.3) is 0 Å². The van der Waals surface area contributed by atoms with Crippen LogP contribution in [0.15, 0.2) is 48.1 Å². The van der Waals surface area contributed by atoms with Crippen molar-refractivity contribution >= 4 is 33.3 Å². The van der Waals surface area contributed by atoms with Crippen molar-refractivity contribution in [2.75, 3.05) is 32.2 Å². The van der Waals surface area contributed by atoms with E-state index in [9.17, 15) is 4.79 Å². The summed E-state index contributed by atoms with van der Waals surface area (Å²) >= 11 is 1.64. The first-order valence-electron chi connectivity index (χ1n) is 12.6. The van der Waals surface area contributed by atoms with Crippen molar-refractivity contribution < 1.29 is 14.3 Å². The van der Waals surface area contributed by atoms with E-state index in [0.717, 1.165) is 60.4 Å². The number of methoxy groups -OCH3 is 2. The summed E-state index contributed by atoms with van der Waals surface area (Å²) in [7, 11) is 3.30. The third-order valence-corrected chi connectivity index (χ3v) is 8.64. The largest absolute Gasteiger partial charge is 0.493 e. The van der Waals surface area contributed by atoms with Crippen molar-refractivity contribution in [3.05, 3.63) is 53.7 Å². The molecule has 4 heterocycles. The highest BCUT2D eigenvalue weighted by Crippen LogP contribution is 2.42. The number of fused-ring (bicyclic) bond motifs is 2. The molecular formula is C27H31N5O3S. The van der Waals surface area contributed by atoms with E-state index in [0.29, 0.717) is 11.5 Å². The number of hydrogen-bond acceptors (Lipinski definition) is 8. The zero-order valence-electron chi connectivity index (χ0n) is 20.6. The van der Waals surface area contributed by atoms with Crippen LogP contribution in [-0.2, 0) is 4.79 Å². The number of allylic oxidation sites excluding steroid dienone is 1. The van der Waals surface area contributed by atoms with Crippen LogP contribution in [0.4, 0.5) is 5.82 Å². The van der Waals surface area contributed by atoms with Crippen molar-refractivity contribution in [2.24, 2.45) is 11.8 Å². The third kappa shape index (κ3) is 4.00. The zero-order chi connectivity index (χ0) is 24.6. The Morgan fingerprint density at radius 1 is 1.06 bits per heavy atom. The van der Waals surface area contributed by atoms with Gasteiger partial charge >= 0.3 is 0 Å². The second-order valence-corrected chi connectivity index (χ2v) is 10.6. The predicted octanol–water partition coefficient (Wildman–Crippen LogP) is 4.35. The van der Waals surface area contributed by atoms with Gasteiger partial charge < -0.3 is 14.4 Å². The molecule has 1 aromatic carbocycles. The van der Waals surface area contributed by atoms with Crippen molar-refractivity contribution in [1.82, 2.24) is 20.4 Å². The smallest absolute Gasteiger partial charge is 0.240 e. The van der Waals surface area contributed by atoms with E-state index in [-0.39, 0.29) is 29.8 Å². The number of carbonyl (C=O) groups is 1. The molecule has 0 spiro atoms. The summed E-state index contributed by atoms with van der Waals surface area (Å²) in [5.74, 6) is 2.74. The number of nitrogens with zero attached hydrogens (tertiary/aromatic N) is 4. The van der Waals surface area contributed by atoms with E-state index >= 15 is 0 Å². The van der Waals surface area contributed by atoms with Crippen LogP contribution in [0.25, 0.3) is 10.2 Å². The number of nitrogens with one attached hydrogen (secondary N) is 1. The molecule has 6 rings (SSSR count). The summed E-state index contributed by atoms with van der Waals surface area (Å²) in [5, 5.41) is 5.13. The molecular weight excluding hydrogens is 474 g/mol. The second kappa shape index (κ2) is 9.71. The first-order chi connectivity index (χ1) is 17.7. The van der Waals surface area contributed by atoms with Gasteiger partial charge in [-0.3, -0.25) is 9.80 Å². The number of aromatic nitrogens is 2. The van der Waals surface area contributed by atoms with Gasteiger partial charge in [-0.25, -0.2) is 15.4 Å². The maximum Gasteiger partial charge on any atom is 0.240 e. The lowest BCUT2D eigenvalue weighted by Gasteiger charge is -2.48. The van der Waals surface area contributed by atoms with Crippen LogP contribution in [0.3, 0.4) is 0 Å². The van der Waals surface area contributed by atoms with Crippen LogP contribution in [0.1, 0.15) is 37.3 Å². The molecule has 2 aromatic heterocycles. The molecule has 9 heteroatoms. The molecule has 1 amide bonds. The standard InChI is InChI=1S/C27H31N5O3S/c1-34-22-8-7-17(15-23(22)35-2)24-19-5-3-4-6-20(19)27(33)32(30-24)18-9-12-31(13-10-18)25-21-11-14-36-26(21)29-16-28-25/h3,5,7-8,11,14-16,18-20,24,30H,4,6,9-10,12-13H2,1-2H3/t19-,20+,24?/m0/s1. The zero-order valence-corrected chi connectivity index (χ0v) is 21.4. The Balaban J connectivity index is 1.24. The molecule has 8 nitrogen and oxygen atoms in total. The van der Waals surface area contributed by atoms with Crippen LogP contribution < -0.4 is 19.8 Å². The first kappa shape index (κ1) is 23.2. The predicted molar refractivity (Wildman–Crippen MR) is 140 cm³/mol. The minimum Gasteiger partial charge on any atom is -0.493 e. The quantitative estimate of drug-likeness (QED) is 0.517. The SMILES string of the molecule is COc1ccc(C2NN(C3CCN(c4ncnc5sccc45)CC3)C(=O)[C@@H]3CCC=C[C@H]23)cc1OC. The number of ether oxygens (including phenoxy) is 2. The summed E-state index contributed by atoms with van der Waals surface area (Å²) in [6, 6.07) is 8.30. The van der Waals surface area contributed by atoms with Gasteiger partial charge in [0.15, 0.2) is 11.5 Å². The highest BCUT2D eigenvalue weighted by Gasteiger charge is 2.45. The van der Waals surface area contributed by atoms with Crippen molar-refractivity contribution in [1.29, 1.82) is 0 Å². The number of benzene rings is 1. The molecule has 2 saturated heterocycles. The number of thiophene rings is 1. The molecule has 0 bridgehead atoms. The van der Waals surface area contributed by atoms with Gasteiger partial charge in [-0.05, 0) is 54.8 Å². The van der Waals surface area contributed by atoms with Gasteiger partial charge in [0.05, 0.1) is 31.7 Å². The number of carbonyl (C=O) groups excluding carboxylic acids is 1. The van der Waals surface area contributed by atoms with Crippen LogP contribution in [0.5, 0.6) is 11.5 Å². The second-order valence-electron chi connectivity index (χ2n) is 9.67. The maximum atomic E-state index is 13.7. The monoisotopic (exact) mass is 505 g/mol. The van der Waals surface area contributed by atoms with Gasteiger partial charge in [-0.15, -0.1) is 11.3 Å². The number of amides is 1. The number of hydrazine groups is 1. The number of hydrogen-bond donors (Lipinski definition) is 1. The third-order valence-electron chi connectivity index (χ3n) is 7.82. The summed E-state index contributed by atoms with van der Waals surface area (Å²) in [4.78, 5) is 26.0. The van der Waals surface area contributed by atoms with Crippen LogP contribution in [-0.4, -0.2) is 54.2 Å². The van der Waals surface area contributed by atoms with Gasteiger partial charge in [-0.2, -0.15) is 0 Å². The Hall–Kier alpha value is -3.17. The van der Waals surface area contributed by atoms with E-state index in [1.165, 1.54) is 0 Å². The average Bonchev–Trinajstić information content (AvgIpc) is 3.42. The van der Waals surface area contributed by atoms with E-state index in [1.807, 2.05) is 17.1 Å². The van der Waals surface area contributed by atoms with Crippen molar-refractivity contribution in [3.63, 3.8) is 0 Å². The molecule has 188 valence electrons. The Kier molecular flexibility index (Phi) is 6.27. The lowest BCUT2D eigenvalue weighted by molar-refractivity contribution is -0.152. The average molecular weight is 506 g/mol. The Morgan fingerprint density at radius 2 is 1.89 bits per heavy atom. The molecule has 3 atom stereocenters. The molecule has 36 heavy (non-hydrogen) atoms. The summed E-state index contributed by atoms with van der Waals surface area (Å²) < 4.78 is 11.0. The van der Waals surface area contributed by atoms with Gasteiger partial charge in [0.1, 0.15) is 17.0 Å². The minimum absolute atomic E-state index is 0.00520. The first-order valence-corrected chi connectivity index (χ1v) is 13.5. The van der Waals surface area contributed by atoms with E-state index in [2.05, 4.69) is 50.0 Å². The molecule has 1 aliphatic carbocycles. The van der Waals surface area contributed by atoms with E-state index in [1.54, 1.807) is 31.9 Å². The Morgan fingerprint density at radius 3 is 2.69 bits per heavy atom. The fourth-order valence-corrected chi connectivity index (χ4v) is 6.69. The summed E-state index contributed by atoms with van der Waals surface area (Å²) in [6.07, 6.45) is 9.70. The highest BCUT2D eigenvalue weighted by molar-refractivity contribution is 7.16. The van der Waals surface area contributed by atoms with Crippen LogP contribution >= 0.6 is 11.3 Å². The molecule has 3 aromatic rings. The molecule has 2 fully saturated rings. The summed E-state index contributed by atoms with van der Waals surface area (Å²) in [5.41, 5.74) is 4.75. The topological polar surface area (TPSA) is 79.8 Å². The van der Waals surface area contributed by atoms with Gasteiger partial charge in [-0.1, -0.05) is 18.2 Å². The van der Waals surface area contributed by atoms with E-state index in [4.69, 9.17) is 9.47 Å². The number of anilines is 1. The fraction of sp³-hybridized carbons (Fsp3) is 0.444. The highest BCUT2D eigenvalue weighted by atomic mass is 32.1. The number of piperidine rings is 1. The molecule has 3 aliphatic rings. The maximum absolute atomic E-state index is 13.7. The lowest BCUT2D eigenvalue weighted by Crippen LogP contribution is -2.62. The van der Waals surface area contributed by atoms with E-state index < -0.39 is 0 Å². The van der Waals surface area contributed by atoms with Crippen molar-refractivity contribution in [2.45, 2.75) is 37.8 Å². The molecule has 0 saturated carbocycles. The molecule has 2 aliphatic heterocycles. The van der Waals surface area contributed by atoms with Gasteiger partial charge in [0, 0.05) is 24.9 Å². The van der Waals surface area contributed by atoms with Crippen molar-refractivity contribution in [3.8, 4) is 11.5 Å². The van der Waals surface area contributed by atoms with Crippen LogP contribution in [0, 0.1) is 11.8 Å². The fourth-order valence-electron chi connectivity index (χ4n) is 5.96. The molecule has 0 radical (unpaired) electrons. The number of rotatable bonds is 5. The molecule has 1 unspecified atom stereocenters. The Labute approximate surface area is 214 Å². The van der Waals surface area contributed by atoms with Crippen LogP contribution in [0.2, 0.25) is 0 Å².